The van der Waals surface area contributed by atoms with E-state index >= 15 is 0 Å². The number of rotatable bonds is 5. The van der Waals surface area contributed by atoms with E-state index in [9.17, 15) is 4.79 Å². The topological polar surface area (TPSA) is 43.1 Å². The first-order valence-corrected chi connectivity index (χ1v) is 6.67. The summed E-state index contributed by atoms with van der Waals surface area (Å²) in [7, 11) is 0. The van der Waals surface area contributed by atoms with Gasteiger partial charge in [-0.1, -0.05) is 49.4 Å². The molecule has 2 aromatic rings. The van der Waals surface area contributed by atoms with Gasteiger partial charge in [0, 0.05) is 17.7 Å². The molecule has 19 heavy (non-hydrogen) atoms. The fourth-order valence-corrected chi connectivity index (χ4v) is 2.19. The van der Waals surface area contributed by atoms with Crippen molar-refractivity contribution in [2.75, 3.05) is 5.73 Å². The Hall–Kier alpha value is -2.09. The first-order chi connectivity index (χ1) is 9.22. The van der Waals surface area contributed by atoms with E-state index in [2.05, 4.69) is 12.1 Å². The number of benzene rings is 2. The van der Waals surface area contributed by atoms with Crippen LogP contribution in [0.3, 0.4) is 0 Å². The molecule has 2 heteroatoms. The molecule has 2 rings (SSSR count). The molecule has 0 aromatic heterocycles. The van der Waals surface area contributed by atoms with Crippen LogP contribution >= 0.6 is 0 Å². The Balaban J connectivity index is 2.27. The van der Waals surface area contributed by atoms with Crippen molar-refractivity contribution in [3.8, 4) is 0 Å². The van der Waals surface area contributed by atoms with Crippen LogP contribution in [-0.2, 0) is 6.42 Å². The molecule has 2 nitrogen and oxygen atoms in total. The van der Waals surface area contributed by atoms with Crippen LogP contribution in [-0.4, -0.2) is 5.78 Å². The van der Waals surface area contributed by atoms with E-state index in [1.807, 2.05) is 43.3 Å². The first-order valence-electron chi connectivity index (χ1n) is 6.67. The standard InChI is InChI=1S/C17H19NO/c1-2-7-16(19)15-11-6-10-14(17(15)18)12-13-8-4-3-5-9-13/h3-6,8-11H,2,7,12,18H2,1H3. The third-order valence-corrected chi connectivity index (χ3v) is 3.21. The minimum atomic E-state index is 0.134. The van der Waals surface area contributed by atoms with Gasteiger partial charge in [0.25, 0.3) is 0 Å². The van der Waals surface area contributed by atoms with Gasteiger partial charge in [0.15, 0.2) is 5.78 Å². The predicted molar refractivity (Wildman–Crippen MR) is 79.3 cm³/mol. The predicted octanol–water partition coefficient (Wildman–Crippen LogP) is 3.84. The van der Waals surface area contributed by atoms with Gasteiger partial charge >= 0.3 is 0 Å². The monoisotopic (exact) mass is 253 g/mol. The van der Waals surface area contributed by atoms with Crippen molar-refractivity contribution in [1.29, 1.82) is 0 Å². The SMILES string of the molecule is CCCC(=O)c1cccc(Cc2ccccc2)c1N. The third kappa shape index (κ3) is 3.22. The lowest BCUT2D eigenvalue weighted by molar-refractivity contribution is 0.0982. The third-order valence-electron chi connectivity index (χ3n) is 3.21. The summed E-state index contributed by atoms with van der Waals surface area (Å²) in [4.78, 5) is 12.0. The van der Waals surface area contributed by atoms with Crippen LogP contribution in [0.25, 0.3) is 0 Å². The van der Waals surface area contributed by atoms with Crippen LogP contribution in [0, 0.1) is 0 Å². The van der Waals surface area contributed by atoms with Gasteiger partial charge in [-0.2, -0.15) is 0 Å². The van der Waals surface area contributed by atoms with E-state index in [4.69, 9.17) is 5.73 Å². The van der Waals surface area contributed by atoms with Gasteiger partial charge in [-0.15, -0.1) is 0 Å². The Kier molecular flexibility index (Phi) is 4.35. The molecule has 98 valence electrons. The lowest BCUT2D eigenvalue weighted by Gasteiger charge is -2.10. The number of nitrogens with two attached hydrogens (primary N) is 1. The van der Waals surface area contributed by atoms with Crippen LogP contribution < -0.4 is 5.73 Å². The average Bonchev–Trinajstić information content (AvgIpc) is 2.42. The number of hydrogen-bond donors (Lipinski definition) is 1. The summed E-state index contributed by atoms with van der Waals surface area (Å²) in [5, 5.41) is 0. The molecule has 0 spiro atoms. The fraction of sp³-hybridized carbons (Fsp3) is 0.235. The Labute approximate surface area is 114 Å². The molecular weight excluding hydrogens is 234 g/mol. The maximum absolute atomic E-state index is 12.0. The average molecular weight is 253 g/mol. The summed E-state index contributed by atoms with van der Waals surface area (Å²) in [6, 6.07) is 15.9. The lowest BCUT2D eigenvalue weighted by atomic mass is 9.97. The number of anilines is 1. The normalized spacial score (nSPS) is 10.4. The van der Waals surface area contributed by atoms with Gasteiger partial charge in [0.05, 0.1) is 0 Å². The molecule has 0 unspecified atom stereocenters. The molecule has 0 aliphatic rings. The van der Waals surface area contributed by atoms with Crippen molar-refractivity contribution in [2.24, 2.45) is 0 Å². The Bertz CT molecular complexity index is 561. The van der Waals surface area contributed by atoms with E-state index < -0.39 is 0 Å². The second-order valence-corrected chi connectivity index (χ2v) is 4.71. The quantitative estimate of drug-likeness (QED) is 0.650. The van der Waals surface area contributed by atoms with Crippen LogP contribution in [0.4, 0.5) is 5.69 Å². The smallest absolute Gasteiger partial charge is 0.164 e. The van der Waals surface area contributed by atoms with Crippen molar-refractivity contribution in [1.82, 2.24) is 0 Å². The molecule has 0 fully saturated rings. The van der Waals surface area contributed by atoms with E-state index in [1.165, 1.54) is 5.56 Å². The van der Waals surface area contributed by atoms with Gasteiger partial charge in [-0.3, -0.25) is 4.79 Å². The van der Waals surface area contributed by atoms with Crippen molar-refractivity contribution in [2.45, 2.75) is 26.2 Å². The minimum absolute atomic E-state index is 0.134. The van der Waals surface area contributed by atoms with Gasteiger partial charge in [0.1, 0.15) is 0 Å². The molecule has 0 saturated heterocycles. The lowest BCUT2D eigenvalue weighted by Crippen LogP contribution is -2.06. The molecule has 0 heterocycles. The summed E-state index contributed by atoms with van der Waals surface area (Å²) in [6.45, 7) is 2.00. The number of nitrogen functional groups attached to an aromatic ring is 1. The van der Waals surface area contributed by atoms with Crippen molar-refractivity contribution in [3.63, 3.8) is 0 Å². The molecule has 0 radical (unpaired) electrons. The van der Waals surface area contributed by atoms with Crippen LogP contribution in [0.1, 0.15) is 41.3 Å². The summed E-state index contributed by atoms with van der Waals surface area (Å²) >= 11 is 0. The summed E-state index contributed by atoms with van der Waals surface area (Å²) in [5.74, 6) is 0.134. The molecular formula is C17H19NO. The number of Topliss-reactive ketones (excluding diaryl/α,β-unsaturated/α-hetero) is 1. The number of hydrogen-bond acceptors (Lipinski definition) is 2. The number of carbonyl (C=O) groups excluding carboxylic acids is 1. The summed E-state index contributed by atoms with van der Waals surface area (Å²) < 4.78 is 0. The molecule has 0 saturated carbocycles. The van der Waals surface area contributed by atoms with E-state index in [1.54, 1.807) is 0 Å². The van der Waals surface area contributed by atoms with Gasteiger partial charge in [0.2, 0.25) is 0 Å². The highest BCUT2D eigenvalue weighted by Crippen LogP contribution is 2.22. The molecule has 0 aliphatic heterocycles. The van der Waals surface area contributed by atoms with E-state index in [0.29, 0.717) is 17.7 Å². The zero-order chi connectivity index (χ0) is 13.7. The van der Waals surface area contributed by atoms with Crippen LogP contribution in [0.2, 0.25) is 0 Å². The Morgan fingerprint density at radius 1 is 1.05 bits per heavy atom. The molecule has 0 bridgehead atoms. The molecule has 2 aromatic carbocycles. The van der Waals surface area contributed by atoms with Gasteiger partial charge in [-0.25, -0.2) is 0 Å². The molecule has 0 atom stereocenters. The van der Waals surface area contributed by atoms with Crippen molar-refractivity contribution < 1.29 is 4.79 Å². The van der Waals surface area contributed by atoms with Crippen molar-refractivity contribution in [3.05, 3.63) is 65.2 Å². The number of para-hydroxylation sites is 1. The highest BCUT2D eigenvalue weighted by molar-refractivity contribution is 6.01. The minimum Gasteiger partial charge on any atom is -0.398 e. The van der Waals surface area contributed by atoms with Crippen LogP contribution in [0.5, 0.6) is 0 Å². The largest absolute Gasteiger partial charge is 0.398 e. The zero-order valence-electron chi connectivity index (χ0n) is 11.2. The molecule has 2 N–H and O–H groups in total. The number of carbonyl (C=O) groups is 1. The number of ketones is 1. The molecule has 0 amide bonds. The Morgan fingerprint density at radius 3 is 2.47 bits per heavy atom. The highest BCUT2D eigenvalue weighted by atomic mass is 16.1. The Morgan fingerprint density at radius 2 is 1.79 bits per heavy atom. The summed E-state index contributed by atoms with van der Waals surface area (Å²) in [6.07, 6.45) is 2.17. The zero-order valence-corrected chi connectivity index (χ0v) is 11.2. The maximum Gasteiger partial charge on any atom is 0.164 e. The second-order valence-electron chi connectivity index (χ2n) is 4.71. The fourth-order valence-electron chi connectivity index (χ4n) is 2.19. The first kappa shape index (κ1) is 13.3. The van der Waals surface area contributed by atoms with Gasteiger partial charge in [-0.05, 0) is 30.0 Å². The van der Waals surface area contributed by atoms with Crippen LogP contribution in [0.15, 0.2) is 48.5 Å². The van der Waals surface area contributed by atoms with Crippen molar-refractivity contribution >= 4 is 11.5 Å². The van der Waals surface area contributed by atoms with E-state index in [-0.39, 0.29) is 5.78 Å². The molecule has 0 aliphatic carbocycles. The maximum atomic E-state index is 12.0. The highest BCUT2D eigenvalue weighted by Gasteiger charge is 2.11. The van der Waals surface area contributed by atoms with Gasteiger partial charge < -0.3 is 5.73 Å². The van der Waals surface area contributed by atoms with E-state index in [0.717, 1.165) is 18.4 Å². The summed E-state index contributed by atoms with van der Waals surface area (Å²) in [5.41, 5.74) is 9.66. The second kappa shape index (κ2) is 6.19.